The third-order valence-electron chi connectivity index (χ3n) is 3.28. The van der Waals surface area contributed by atoms with Crippen LogP contribution < -0.4 is 5.32 Å². The molecule has 1 fully saturated rings. The second kappa shape index (κ2) is 6.64. The van der Waals surface area contributed by atoms with Gasteiger partial charge in [-0.3, -0.25) is 4.79 Å². The molecule has 0 aromatic heterocycles. The number of amides is 1. The zero-order valence-corrected chi connectivity index (χ0v) is 13.4. The molecular formula is C17H11F3N2O2S. The van der Waals surface area contributed by atoms with Crippen LogP contribution in [0.3, 0.4) is 0 Å². The molecule has 1 saturated heterocycles. The van der Waals surface area contributed by atoms with E-state index in [0.717, 1.165) is 23.9 Å². The quantitative estimate of drug-likeness (QED) is 0.781. The minimum atomic E-state index is -4.46. The van der Waals surface area contributed by atoms with Crippen LogP contribution in [0.15, 0.2) is 58.4 Å². The summed E-state index contributed by atoms with van der Waals surface area (Å²) in [6.07, 6.45) is -2.97. The smallest absolute Gasteiger partial charge is 0.416 e. The topological polar surface area (TPSA) is 61.7 Å². The van der Waals surface area contributed by atoms with Gasteiger partial charge in [0.05, 0.1) is 16.2 Å². The first-order chi connectivity index (χ1) is 11.8. The Morgan fingerprint density at radius 2 is 1.88 bits per heavy atom. The third kappa shape index (κ3) is 4.03. The van der Waals surface area contributed by atoms with Crippen molar-refractivity contribution < 1.29 is 23.1 Å². The highest BCUT2D eigenvalue weighted by atomic mass is 32.2. The maximum Gasteiger partial charge on any atom is 0.416 e. The largest absolute Gasteiger partial charge is 0.507 e. The normalized spacial score (nSPS) is 18.0. The average molecular weight is 364 g/mol. The summed E-state index contributed by atoms with van der Waals surface area (Å²) in [4.78, 5) is 16.3. The second-order valence-electron chi connectivity index (χ2n) is 5.09. The summed E-state index contributed by atoms with van der Waals surface area (Å²) in [5.74, 6) is -0.411. The molecule has 1 aliphatic heterocycles. The van der Waals surface area contributed by atoms with Crippen molar-refractivity contribution in [2.24, 2.45) is 4.99 Å². The zero-order valence-electron chi connectivity index (χ0n) is 12.5. The molecular weight excluding hydrogens is 353 g/mol. The molecule has 0 saturated carbocycles. The van der Waals surface area contributed by atoms with Gasteiger partial charge in [0.1, 0.15) is 5.75 Å². The van der Waals surface area contributed by atoms with Crippen molar-refractivity contribution in [3.05, 3.63) is 64.6 Å². The van der Waals surface area contributed by atoms with Crippen LogP contribution in [0.25, 0.3) is 6.08 Å². The van der Waals surface area contributed by atoms with Crippen LogP contribution in [0.4, 0.5) is 18.9 Å². The van der Waals surface area contributed by atoms with E-state index in [1.807, 2.05) is 0 Å². The number of phenols is 1. The number of thioether (sulfide) groups is 1. The number of aliphatic imine (C=N–C) groups is 1. The molecule has 0 atom stereocenters. The van der Waals surface area contributed by atoms with E-state index >= 15 is 0 Å². The lowest BCUT2D eigenvalue weighted by Gasteiger charge is -2.06. The van der Waals surface area contributed by atoms with Gasteiger partial charge in [-0.05, 0) is 42.1 Å². The lowest BCUT2D eigenvalue weighted by Crippen LogP contribution is -2.19. The molecule has 8 heteroatoms. The Balaban J connectivity index is 1.86. The number of carbonyl (C=O) groups excluding carboxylic acids is 1. The predicted octanol–water partition coefficient (Wildman–Crippen LogP) is 4.30. The molecule has 0 unspecified atom stereocenters. The van der Waals surface area contributed by atoms with Gasteiger partial charge >= 0.3 is 6.18 Å². The lowest BCUT2D eigenvalue weighted by molar-refractivity contribution is -0.137. The fourth-order valence-corrected chi connectivity index (χ4v) is 2.93. The Morgan fingerprint density at radius 3 is 2.60 bits per heavy atom. The number of para-hydroxylation sites is 1. The van der Waals surface area contributed by atoms with Crippen LogP contribution in [0, 0.1) is 0 Å². The molecule has 128 valence electrons. The molecule has 1 aliphatic rings. The standard InChI is InChI=1S/C17H11F3N2O2S/c18-17(19,20)11-5-3-6-12(9-11)21-16-22-15(24)14(25-16)8-10-4-1-2-7-13(10)23/h1-9,23H,(H,21,22,24). The SMILES string of the molecule is O=C1NC(=Nc2cccc(C(F)(F)F)c2)SC1=Cc1ccccc1O. The van der Waals surface area contributed by atoms with Crippen molar-refractivity contribution >= 4 is 34.6 Å². The minimum absolute atomic E-state index is 0.0201. The van der Waals surface area contributed by atoms with Gasteiger partial charge in [-0.2, -0.15) is 13.2 Å². The van der Waals surface area contributed by atoms with Crippen LogP contribution in [0.1, 0.15) is 11.1 Å². The number of rotatable bonds is 2. The van der Waals surface area contributed by atoms with Crippen molar-refractivity contribution in [2.75, 3.05) is 0 Å². The van der Waals surface area contributed by atoms with E-state index in [0.29, 0.717) is 5.56 Å². The van der Waals surface area contributed by atoms with E-state index in [1.54, 1.807) is 18.2 Å². The zero-order chi connectivity index (χ0) is 18.0. The van der Waals surface area contributed by atoms with Gasteiger partial charge in [-0.1, -0.05) is 24.3 Å². The van der Waals surface area contributed by atoms with Crippen molar-refractivity contribution in [3.8, 4) is 5.75 Å². The first-order valence-corrected chi connectivity index (χ1v) is 7.89. The van der Waals surface area contributed by atoms with E-state index in [2.05, 4.69) is 10.3 Å². The Hall–Kier alpha value is -2.74. The fraction of sp³-hybridized carbons (Fsp3) is 0.0588. The summed E-state index contributed by atoms with van der Waals surface area (Å²) in [5, 5.41) is 12.4. The first kappa shape index (κ1) is 17.1. The van der Waals surface area contributed by atoms with Gasteiger partial charge in [0, 0.05) is 5.56 Å². The highest BCUT2D eigenvalue weighted by molar-refractivity contribution is 8.18. The summed E-state index contributed by atoms with van der Waals surface area (Å²) in [6, 6.07) is 11.0. The molecule has 2 aromatic rings. The Labute approximate surface area is 145 Å². The molecule has 2 N–H and O–H groups in total. The number of hydrogen-bond acceptors (Lipinski definition) is 4. The number of halogens is 3. The van der Waals surface area contributed by atoms with Gasteiger partial charge in [-0.25, -0.2) is 4.99 Å². The Bertz CT molecular complexity index is 891. The molecule has 0 spiro atoms. The van der Waals surface area contributed by atoms with E-state index in [1.165, 1.54) is 24.3 Å². The average Bonchev–Trinajstić information content (AvgIpc) is 2.88. The van der Waals surface area contributed by atoms with E-state index in [9.17, 15) is 23.1 Å². The summed E-state index contributed by atoms with van der Waals surface area (Å²) in [6.45, 7) is 0. The number of aromatic hydroxyl groups is 1. The highest BCUT2D eigenvalue weighted by Crippen LogP contribution is 2.33. The predicted molar refractivity (Wildman–Crippen MR) is 90.4 cm³/mol. The first-order valence-electron chi connectivity index (χ1n) is 7.08. The monoisotopic (exact) mass is 364 g/mol. The van der Waals surface area contributed by atoms with Gasteiger partial charge in [0.2, 0.25) is 0 Å². The lowest BCUT2D eigenvalue weighted by atomic mass is 10.2. The number of benzene rings is 2. The van der Waals surface area contributed by atoms with Crippen LogP contribution in [0.2, 0.25) is 0 Å². The van der Waals surface area contributed by atoms with Crippen molar-refractivity contribution in [1.29, 1.82) is 0 Å². The molecule has 3 rings (SSSR count). The van der Waals surface area contributed by atoms with Crippen LogP contribution in [-0.4, -0.2) is 16.2 Å². The van der Waals surface area contributed by atoms with Crippen LogP contribution in [-0.2, 0) is 11.0 Å². The fourth-order valence-electron chi connectivity index (χ4n) is 2.10. The summed E-state index contributed by atoms with van der Waals surface area (Å²) < 4.78 is 38.2. The molecule has 0 aliphatic carbocycles. The van der Waals surface area contributed by atoms with Gasteiger partial charge in [0.15, 0.2) is 5.17 Å². The summed E-state index contributed by atoms with van der Waals surface area (Å²) >= 11 is 0.989. The molecule has 1 heterocycles. The maximum atomic E-state index is 12.7. The molecule has 0 radical (unpaired) electrons. The maximum absolute atomic E-state index is 12.7. The highest BCUT2D eigenvalue weighted by Gasteiger charge is 2.30. The van der Waals surface area contributed by atoms with E-state index in [-0.39, 0.29) is 21.5 Å². The number of phenolic OH excluding ortho intramolecular Hbond substituents is 1. The van der Waals surface area contributed by atoms with Gasteiger partial charge < -0.3 is 10.4 Å². The number of carbonyl (C=O) groups is 1. The van der Waals surface area contributed by atoms with Crippen molar-refractivity contribution in [2.45, 2.75) is 6.18 Å². The number of nitrogens with one attached hydrogen (secondary N) is 1. The van der Waals surface area contributed by atoms with Gasteiger partial charge in [0.25, 0.3) is 5.91 Å². The number of alkyl halides is 3. The molecule has 25 heavy (non-hydrogen) atoms. The molecule has 1 amide bonds. The van der Waals surface area contributed by atoms with Crippen molar-refractivity contribution in [1.82, 2.24) is 5.32 Å². The van der Waals surface area contributed by atoms with E-state index < -0.39 is 17.6 Å². The number of amidine groups is 1. The molecule has 4 nitrogen and oxygen atoms in total. The number of nitrogens with zero attached hydrogens (tertiary/aromatic N) is 1. The minimum Gasteiger partial charge on any atom is -0.507 e. The van der Waals surface area contributed by atoms with Crippen molar-refractivity contribution in [3.63, 3.8) is 0 Å². The molecule has 2 aromatic carbocycles. The summed E-state index contributed by atoms with van der Waals surface area (Å²) in [7, 11) is 0. The second-order valence-corrected chi connectivity index (χ2v) is 6.12. The Morgan fingerprint density at radius 1 is 1.12 bits per heavy atom. The summed E-state index contributed by atoms with van der Waals surface area (Å²) in [5.41, 5.74) is -0.268. The van der Waals surface area contributed by atoms with E-state index in [4.69, 9.17) is 0 Å². The van der Waals surface area contributed by atoms with Crippen LogP contribution >= 0.6 is 11.8 Å². The third-order valence-corrected chi connectivity index (χ3v) is 4.19. The van der Waals surface area contributed by atoms with Crippen LogP contribution in [0.5, 0.6) is 5.75 Å². The Kier molecular flexibility index (Phi) is 4.54. The number of hydrogen-bond donors (Lipinski definition) is 2. The molecule has 0 bridgehead atoms. The van der Waals surface area contributed by atoms with Gasteiger partial charge in [-0.15, -0.1) is 0 Å².